The third-order valence-corrected chi connectivity index (χ3v) is 2.35. The van der Waals surface area contributed by atoms with E-state index in [1.54, 1.807) is 18.2 Å². The molecule has 0 amide bonds. The molecule has 0 atom stereocenters. The molecular weight excluding hydrogens is 223 g/mol. The van der Waals surface area contributed by atoms with Crippen molar-refractivity contribution in [3.8, 4) is 5.75 Å². The van der Waals surface area contributed by atoms with Crippen LogP contribution in [0.25, 0.3) is 0 Å². The van der Waals surface area contributed by atoms with Crippen LogP contribution in [0.4, 0.5) is 0 Å². The molecule has 0 spiro atoms. The van der Waals surface area contributed by atoms with Gasteiger partial charge in [-0.05, 0) is 19.1 Å². The van der Waals surface area contributed by atoms with Crippen molar-refractivity contribution < 1.29 is 9.53 Å². The summed E-state index contributed by atoms with van der Waals surface area (Å²) in [5, 5.41) is 0.942. The Balaban J connectivity index is 2.51. The molecule has 0 radical (unpaired) electrons. The van der Waals surface area contributed by atoms with E-state index >= 15 is 0 Å². The summed E-state index contributed by atoms with van der Waals surface area (Å²) in [5.74, 6) is 0.728. The fraction of sp³-hybridized carbons (Fsp3) is 0.300. The maximum absolute atomic E-state index is 10.6. The van der Waals surface area contributed by atoms with Gasteiger partial charge in [0.1, 0.15) is 11.5 Å². The zero-order chi connectivity index (χ0) is 10.6. The largest absolute Gasteiger partial charge is 0.493 e. The molecule has 0 bridgehead atoms. The predicted octanol–water partition coefficient (Wildman–Crippen LogP) is 3.35. The Morgan fingerprint density at radius 2 is 2.07 bits per heavy atom. The molecule has 0 aromatic heterocycles. The molecule has 0 saturated carbocycles. The number of carbonyl (C=O) groups is 1. The van der Waals surface area contributed by atoms with E-state index in [1.165, 1.54) is 6.92 Å². The number of ether oxygens (including phenoxy) is 1. The zero-order valence-corrected chi connectivity index (χ0v) is 9.23. The molecule has 1 rings (SSSR count). The molecule has 0 aliphatic carbocycles. The van der Waals surface area contributed by atoms with Crippen molar-refractivity contribution in [2.45, 2.75) is 13.3 Å². The first-order valence-electron chi connectivity index (χ1n) is 4.17. The predicted molar refractivity (Wildman–Crippen MR) is 57.3 cm³/mol. The summed E-state index contributed by atoms with van der Waals surface area (Å²) in [6.45, 7) is 1.89. The number of rotatable bonds is 4. The van der Waals surface area contributed by atoms with Crippen molar-refractivity contribution in [2.24, 2.45) is 0 Å². The normalized spacial score (nSPS) is 9.93. The van der Waals surface area contributed by atoms with Crippen molar-refractivity contribution in [3.05, 3.63) is 28.2 Å². The van der Waals surface area contributed by atoms with Gasteiger partial charge >= 0.3 is 0 Å². The Hall–Kier alpha value is -0.730. The number of hydrogen-bond acceptors (Lipinski definition) is 2. The van der Waals surface area contributed by atoms with E-state index in [1.807, 2.05) is 0 Å². The molecule has 0 aliphatic rings. The van der Waals surface area contributed by atoms with Gasteiger partial charge in [-0.1, -0.05) is 23.2 Å². The van der Waals surface area contributed by atoms with Gasteiger partial charge in [-0.15, -0.1) is 0 Å². The summed E-state index contributed by atoms with van der Waals surface area (Å²) >= 11 is 11.5. The highest BCUT2D eigenvalue weighted by Gasteiger charge is 2.00. The van der Waals surface area contributed by atoms with E-state index < -0.39 is 0 Å². The van der Waals surface area contributed by atoms with Crippen molar-refractivity contribution in [2.75, 3.05) is 6.61 Å². The van der Waals surface area contributed by atoms with Crippen molar-refractivity contribution in [1.29, 1.82) is 0 Å². The first-order valence-corrected chi connectivity index (χ1v) is 4.92. The molecule has 0 saturated heterocycles. The molecule has 1 aromatic rings. The van der Waals surface area contributed by atoms with Crippen LogP contribution < -0.4 is 4.74 Å². The van der Waals surface area contributed by atoms with Gasteiger partial charge in [-0.25, -0.2) is 0 Å². The molecular formula is C10H10Cl2O2. The van der Waals surface area contributed by atoms with E-state index in [0.717, 1.165) is 0 Å². The Morgan fingerprint density at radius 3 is 2.64 bits per heavy atom. The lowest BCUT2D eigenvalue weighted by Gasteiger charge is -2.05. The second kappa shape index (κ2) is 5.23. The third kappa shape index (κ3) is 3.56. The highest BCUT2D eigenvalue weighted by atomic mass is 35.5. The number of hydrogen-bond donors (Lipinski definition) is 0. The SMILES string of the molecule is CC(=O)CCOc1ccc(Cl)c(Cl)c1. The zero-order valence-electron chi connectivity index (χ0n) is 7.72. The van der Waals surface area contributed by atoms with Crippen LogP contribution in [-0.4, -0.2) is 12.4 Å². The number of ketones is 1. The van der Waals surface area contributed by atoms with Crippen LogP contribution in [0.1, 0.15) is 13.3 Å². The van der Waals surface area contributed by atoms with Gasteiger partial charge in [0, 0.05) is 12.5 Å². The number of carbonyl (C=O) groups excluding carboxylic acids is 1. The Labute approximate surface area is 92.8 Å². The second-order valence-corrected chi connectivity index (χ2v) is 3.69. The third-order valence-electron chi connectivity index (χ3n) is 1.61. The fourth-order valence-electron chi connectivity index (χ4n) is 0.879. The smallest absolute Gasteiger partial charge is 0.133 e. The van der Waals surface area contributed by atoms with Crippen LogP contribution in [0.3, 0.4) is 0 Å². The van der Waals surface area contributed by atoms with Gasteiger partial charge in [0.2, 0.25) is 0 Å². The lowest BCUT2D eigenvalue weighted by Crippen LogP contribution is -2.02. The molecule has 1 aromatic carbocycles. The van der Waals surface area contributed by atoms with E-state index in [0.29, 0.717) is 28.8 Å². The van der Waals surface area contributed by atoms with Crippen LogP contribution in [-0.2, 0) is 4.79 Å². The Morgan fingerprint density at radius 1 is 1.36 bits per heavy atom. The quantitative estimate of drug-likeness (QED) is 0.796. The van der Waals surface area contributed by atoms with Gasteiger partial charge in [-0.3, -0.25) is 4.79 Å². The molecule has 0 N–H and O–H groups in total. The topological polar surface area (TPSA) is 26.3 Å². The standard InChI is InChI=1S/C10H10Cl2O2/c1-7(13)4-5-14-8-2-3-9(11)10(12)6-8/h2-3,6H,4-5H2,1H3. The summed E-state index contributed by atoms with van der Waals surface area (Å²) in [6.07, 6.45) is 0.403. The fourth-order valence-corrected chi connectivity index (χ4v) is 1.17. The minimum Gasteiger partial charge on any atom is -0.493 e. The van der Waals surface area contributed by atoms with Gasteiger partial charge in [0.25, 0.3) is 0 Å². The molecule has 76 valence electrons. The highest BCUT2D eigenvalue weighted by molar-refractivity contribution is 6.42. The van der Waals surface area contributed by atoms with Gasteiger partial charge in [0.05, 0.1) is 16.7 Å². The second-order valence-electron chi connectivity index (χ2n) is 2.88. The molecule has 2 nitrogen and oxygen atoms in total. The summed E-state index contributed by atoms with van der Waals surface area (Å²) in [6, 6.07) is 5.01. The van der Waals surface area contributed by atoms with Crippen molar-refractivity contribution >= 4 is 29.0 Å². The van der Waals surface area contributed by atoms with Crippen molar-refractivity contribution in [3.63, 3.8) is 0 Å². The molecule has 0 aliphatic heterocycles. The average Bonchev–Trinajstić information content (AvgIpc) is 2.10. The minimum atomic E-state index is 0.102. The average molecular weight is 233 g/mol. The van der Waals surface area contributed by atoms with Crippen LogP contribution in [0.5, 0.6) is 5.75 Å². The molecule has 0 unspecified atom stereocenters. The summed E-state index contributed by atoms with van der Waals surface area (Å²) in [4.78, 5) is 10.6. The number of halogens is 2. The van der Waals surface area contributed by atoms with Gasteiger partial charge in [-0.2, -0.15) is 0 Å². The molecule has 14 heavy (non-hydrogen) atoms. The summed E-state index contributed by atoms with van der Waals surface area (Å²) in [7, 11) is 0. The maximum atomic E-state index is 10.6. The number of Topliss-reactive ketones (excluding diaryl/α,β-unsaturated/α-hetero) is 1. The summed E-state index contributed by atoms with van der Waals surface area (Å²) in [5.41, 5.74) is 0. The Bertz CT molecular complexity index is 337. The summed E-state index contributed by atoms with van der Waals surface area (Å²) < 4.78 is 5.29. The molecule has 0 heterocycles. The monoisotopic (exact) mass is 232 g/mol. The number of benzene rings is 1. The van der Waals surface area contributed by atoms with Crippen LogP contribution >= 0.6 is 23.2 Å². The Kier molecular flexibility index (Phi) is 4.23. The van der Waals surface area contributed by atoms with Gasteiger partial charge < -0.3 is 4.74 Å². The lowest BCUT2D eigenvalue weighted by atomic mass is 10.3. The van der Waals surface area contributed by atoms with Crippen molar-refractivity contribution in [1.82, 2.24) is 0 Å². The lowest BCUT2D eigenvalue weighted by molar-refractivity contribution is -0.117. The first kappa shape index (κ1) is 11.3. The van der Waals surface area contributed by atoms with E-state index in [-0.39, 0.29) is 5.78 Å². The van der Waals surface area contributed by atoms with Crippen LogP contribution in [0.15, 0.2) is 18.2 Å². The molecule has 0 fully saturated rings. The van der Waals surface area contributed by atoms with E-state index in [2.05, 4.69) is 0 Å². The van der Waals surface area contributed by atoms with Crippen LogP contribution in [0.2, 0.25) is 10.0 Å². The van der Waals surface area contributed by atoms with Crippen LogP contribution in [0, 0.1) is 0 Å². The van der Waals surface area contributed by atoms with E-state index in [9.17, 15) is 4.79 Å². The van der Waals surface area contributed by atoms with Gasteiger partial charge in [0.15, 0.2) is 0 Å². The minimum absolute atomic E-state index is 0.102. The maximum Gasteiger partial charge on any atom is 0.133 e. The van der Waals surface area contributed by atoms with E-state index in [4.69, 9.17) is 27.9 Å². The molecule has 4 heteroatoms. The first-order chi connectivity index (χ1) is 6.59. The highest BCUT2D eigenvalue weighted by Crippen LogP contribution is 2.26.